The molecule has 0 saturated heterocycles. The maximum atomic E-state index is 9.83. The van der Waals surface area contributed by atoms with E-state index in [-0.39, 0.29) is 5.75 Å². The van der Waals surface area contributed by atoms with E-state index in [0.717, 1.165) is 0 Å². The zero-order chi connectivity index (χ0) is 10.3. The van der Waals surface area contributed by atoms with E-state index in [1.165, 1.54) is 13.2 Å². The van der Waals surface area contributed by atoms with Crippen LogP contribution in [0.3, 0.4) is 0 Å². The molecular weight excluding hydrogens is 204 g/mol. The van der Waals surface area contributed by atoms with Gasteiger partial charge in [-0.15, -0.1) is 0 Å². The molecule has 0 atom stereocenters. The topological polar surface area (TPSA) is 49.7 Å². The predicted molar refractivity (Wildman–Crippen MR) is 52.8 cm³/mol. The Kier molecular flexibility index (Phi) is 2.09. The summed E-state index contributed by atoms with van der Waals surface area (Å²) in [6.07, 6.45) is 1.34. The second-order valence-corrected chi connectivity index (χ2v) is 3.94. The van der Waals surface area contributed by atoms with Gasteiger partial charge in [0.15, 0.2) is 0 Å². The van der Waals surface area contributed by atoms with E-state index in [1.54, 1.807) is 6.07 Å². The van der Waals surface area contributed by atoms with Crippen LogP contribution in [0.5, 0.6) is 11.5 Å². The lowest BCUT2D eigenvalue weighted by Crippen LogP contribution is -2.04. The minimum Gasteiger partial charge on any atom is -0.508 e. The van der Waals surface area contributed by atoms with Crippen molar-refractivity contribution < 1.29 is 14.9 Å². The minimum atomic E-state index is -0.873. The standard InChI is InChI=1S/C10H11ClO3/c1-14-9-4-6(10(13)2-3-10)8(12)5-7(9)11/h4-5,12-13H,2-3H2,1H3. The summed E-state index contributed by atoms with van der Waals surface area (Å²) in [5.41, 5.74) is -0.374. The highest BCUT2D eigenvalue weighted by molar-refractivity contribution is 6.32. The van der Waals surface area contributed by atoms with Gasteiger partial charge in [0.25, 0.3) is 0 Å². The van der Waals surface area contributed by atoms with Crippen LogP contribution in [-0.4, -0.2) is 17.3 Å². The van der Waals surface area contributed by atoms with Gasteiger partial charge in [-0.2, -0.15) is 0 Å². The molecule has 4 heteroatoms. The van der Waals surface area contributed by atoms with Crippen molar-refractivity contribution in [3.05, 3.63) is 22.7 Å². The third-order valence-corrected chi connectivity index (χ3v) is 2.79. The summed E-state index contributed by atoms with van der Waals surface area (Å²) in [5, 5.41) is 19.8. The van der Waals surface area contributed by atoms with Crippen LogP contribution in [0.15, 0.2) is 12.1 Å². The van der Waals surface area contributed by atoms with Crippen molar-refractivity contribution in [3.63, 3.8) is 0 Å². The molecule has 1 aliphatic rings. The average molecular weight is 215 g/mol. The van der Waals surface area contributed by atoms with Crippen LogP contribution in [0.4, 0.5) is 0 Å². The molecule has 0 aliphatic heterocycles. The van der Waals surface area contributed by atoms with E-state index in [1.807, 2.05) is 0 Å². The first-order valence-electron chi connectivity index (χ1n) is 4.36. The van der Waals surface area contributed by atoms with E-state index in [4.69, 9.17) is 16.3 Å². The van der Waals surface area contributed by atoms with E-state index in [9.17, 15) is 10.2 Å². The lowest BCUT2D eigenvalue weighted by Gasteiger charge is -2.13. The molecule has 0 bridgehead atoms. The van der Waals surface area contributed by atoms with Gasteiger partial charge in [0.1, 0.15) is 11.5 Å². The van der Waals surface area contributed by atoms with Crippen molar-refractivity contribution in [1.82, 2.24) is 0 Å². The number of benzene rings is 1. The second kappa shape index (κ2) is 3.04. The molecule has 3 nitrogen and oxygen atoms in total. The van der Waals surface area contributed by atoms with E-state index >= 15 is 0 Å². The lowest BCUT2D eigenvalue weighted by atomic mass is 10.1. The molecule has 2 rings (SSSR count). The second-order valence-electron chi connectivity index (χ2n) is 3.54. The maximum Gasteiger partial charge on any atom is 0.138 e. The van der Waals surface area contributed by atoms with Crippen molar-refractivity contribution in [2.45, 2.75) is 18.4 Å². The van der Waals surface area contributed by atoms with Crippen molar-refractivity contribution in [2.24, 2.45) is 0 Å². The fourth-order valence-electron chi connectivity index (χ4n) is 1.46. The van der Waals surface area contributed by atoms with E-state index < -0.39 is 5.60 Å². The van der Waals surface area contributed by atoms with E-state index in [2.05, 4.69) is 0 Å². The predicted octanol–water partition coefficient (Wildman–Crippen LogP) is 2.04. The first-order chi connectivity index (χ1) is 6.57. The highest BCUT2D eigenvalue weighted by atomic mass is 35.5. The van der Waals surface area contributed by atoms with Gasteiger partial charge in [-0.25, -0.2) is 0 Å². The molecule has 0 amide bonds. The SMILES string of the molecule is COc1cc(C2(O)CC2)c(O)cc1Cl. The molecular formula is C10H11ClO3. The summed E-state index contributed by atoms with van der Waals surface area (Å²) >= 11 is 5.81. The quantitative estimate of drug-likeness (QED) is 0.792. The first kappa shape index (κ1) is 9.62. The molecule has 0 aromatic heterocycles. The Bertz CT molecular complexity index is 372. The van der Waals surface area contributed by atoms with Gasteiger partial charge in [-0.05, 0) is 18.9 Å². The highest BCUT2D eigenvalue weighted by Crippen LogP contribution is 2.50. The smallest absolute Gasteiger partial charge is 0.138 e. The highest BCUT2D eigenvalue weighted by Gasteiger charge is 2.44. The third-order valence-electron chi connectivity index (χ3n) is 2.50. The van der Waals surface area contributed by atoms with Gasteiger partial charge < -0.3 is 14.9 Å². The largest absolute Gasteiger partial charge is 0.508 e. The van der Waals surface area contributed by atoms with Gasteiger partial charge in [0.05, 0.1) is 17.7 Å². The number of aliphatic hydroxyl groups is 1. The summed E-state index contributed by atoms with van der Waals surface area (Å²) in [4.78, 5) is 0. The van der Waals surface area contributed by atoms with Gasteiger partial charge in [-0.3, -0.25) is 0 Å². The van der Waals surface area contributed by atoms with Crippen LogP contribution in [0.2, 0.25) is 5.02 Å². The Morgan fingerprint density at radius 2 is 2.07 bits per heavy atom. The maximum absolute atomic E-state index is 9.83. The van der Waals surface area contributed by atoms with Crippen molar-refractivity contribution in [2.75, 3.05) is 7.11 Å². The molecule has 1 aromatic carbocycles. The monoisotopic (exact) mass is 214 g/mol. The van der Waals surface area contributed by atoms with Crippen LogP contribution in [0.1, 0.15) is 18.4 Å². The fraction of sp³-hybridized carbons (Fsp3) is 0.400. The Morgan fingerprint density at radius 1 is 1.43 bits per heavy atom. The number of hydrogen-bond acceptors (Lipinski definition) is 3. The summed E-state index contributed by atoms with van der Waals surface area (Å²) < 4.78 is 5.01. The zero-order valence-electron chi connectivity index (χ0n) is 7.75. The van der Waals surface area contributed by atoms with Gasteiger partial charge in [0.2, 0.25) is 0 Å². The summed E-state index contributed by atoms with van der Waals surface area (Å²) in [6, 6.07) is 2.98. The van der Waals surface area contributed by atoms with Gasteiger partial charge in [0, 0.05) is 11.6 Å². The summed E-state index contributed by atoms with van der Waals surface area (Å²) in [6.45, 7) is 0. The lowest BCUT2D eigenvalue weighted by molar-refractivity contribution is 0.147. The molecule has 2 N–H and O–H groups in total. The van der Waals surface area contributed by atoms with Crippen molar-refractivity contribution >= 4 is 11.6 Å². The molecule has 14 heavy (non-hydrogen) atoms. The Morgan fingerprint density at radius 3 is 2.57 bits per heavy atom. The number of ether oxygens (including phenoxy) is 1. The number of aromatic hydroxyl groups is 1. The minimum absolute atomic E-state index is 0.0239. The van der Waals surface area contributed by atoms with E-state index in [0.29, 0.717) is 29.2 Å². The number of halogens is 1. The normalized spacial score (nSPS) is 17.9. The summed E-state index contributed by atoms with van der Waals surface area (Å²) in [5.74, 6) is 0.496. The molecule has 76 valence electrons. The van der Waals surface area contributed by atoms with Crippen LogP contribution < -0.4 is 4.74 Å². The number of rotatable bonds is 2. The molecule has 1 saturated carbocycles. The number of hydrogen-bond donors (Lipinski definition) is 2. The average Bonchev–Trinajstić information content (AvgIpc) is 2.85. The number of phenols is 1. The molecule has 0 heterocycles. The third kappa shape index (κ3) is 1.42. The van der Waals surface area contributed by atoms with Gasteiger partial charge >= 0.3 is 0 Å². The number of phenolic OH excluding ortho intramolecular Hbond substituents is 1. The van der Waals surface area contributed by atoms with Crippen molar-refractivity contribution in [1.29, 1.82) is 0 Å². The van der Waals surface area contributed by atoms with Crippen molar-refractivity contribution in [3.8, 4) is 11.5 Å². The molecule has 1 fully saturated rings. The zero-order valence-corrected chi connectivity index (χ0v) is 8.51. The number of methoxy groups -OCH3 is 1. The molecule has 0 unspecified atom stereocenters. The fourth-order valence-corrected chi connectivity index (χ4v) is 1.69. The first-order valence-corrected chi connectivity index (χ1v) is 4.74. The van der Waals surface area contributed by atoms with Gasteiger partial charge in [-0.1, -0.05) is 11.6 Å². The molecule has 1 aromatic rings. The van der Waals surface area contributed by atoms with Crippen LogP contribution in [0, 0.1) is 0 Å². The Labute approximate surface area is 86.9 Å². The molecule has 0 spiro atoms. The molecule has 1 aliphatic carbocycles. The van der Waals surface area contributed by atoms with Crippen LogP contribution >= 0.6 is 11.6 Å². The van der Waals surface area contributed by atoms with Crippen LogP contribution in [-0.2, 0) is 5.60 Å². The Hall–Kier alpha value is -0.930. The summed E-state index contributed by atoms with van der Waals surface area (Å²) in [7, 11) is 1.50. The Balaban J connectivity index is 2.50. The molecule has 0 radical (unpaired) electrons. The van der Waals surface area contributed by atoms with Crippen LogP contribution in [0.25, 0.3) is 0 Å².